The average Bonchev–Trinajstić information content (AvgIpc) is 2.72. The highest BCUT2D eigenvalue weighted by Crippen LogP contribution is 2.20. The highest BCUT2D eigenvalue weighted by molar-refractivity contribution is 4.73. The molecule has 0 aromatic carbocycles. The molecule has 3 heteroatoms. The van der Waals surface area contributed by atoms with E-state index in [9.17, 15) is 0 Å². The van der Waals surface area contributed by atoms with Crippen molar-refractivity contribution in [2.75, 3.05) is 52.9 Å². The first-order valence-corrected chi connectivity index (χ1v) is 6.96. The van der Waals surface area contributed by atoms with Gasteiger partial charge in [-0.3, -0.25) is 0 Å². The molecule has 2 aliphatic heterocycles. The molecule has 2 aliphatic rings. The van der Waals surface area contributed by atoms with Gasteiger partial charge in [0.25, 0.3) is 0 Å². The van der Waals surface area contributed by atoms with E-state index >= 15 is 0 Å². The fourth-order valence-corrected chi connectivity index (χ4v) is 2.97. The molecule has 0 radical (unpaired) electrons. The van der Waals surface area contributed by atoms with Crippen LogP contribution in [0.5, 0.6) is 0 Å². The van der Waals surface area contributed by atoms with Crippen LogP contribution in [0.15, 0.2) is 0 Å². The summed E-state index contributed by atoms with van der Waals surface area (Å²) in [6.45, 7) is 8.87. The maximum absolute atomic E-state index is 3.41. The lowest BCUT2D eigenvalue weighted by atomic mass is 10.0. The molecule has 0 spiro atoms. The third-order valence-electron chi connectivity index (χ3n) is 4.04. The molecular weight excluding hydrogens is 198 g/mol. The zero-order valence-corrected chi connectivity index (χ0v) is 10.7. The van der Waals surface area contributed by atoms with Crippen LogP contribution in [0.25, 0.3) is 0 Å². The summed E-state index contributed by atoms with van der Waals surface area (Å²) in [7, 11) is 2.25. The van der Waals surface area contributed by atoms with E-state index in [2.05, 4.69) is 22.2 Å². The summed E-state index contributed by atoms with van der Waals surface area (Å²) in [5.41, 5.74) is 0. The van der Waals surface area contributed by atoms with Crippen molar-refractivity contribution in [1.29, 1.82) is 0 Å². The number of nitrogens with one attached hydrogen (secondary N) is 1. The monoisotopic (exact) mass is 225 g/mol. The predicted molar refractivity (Wildman–Crippen MR) is 68.8 cm³/mol. The standard InChI is InChI=1S/C13H27N3/c1-15-9-5-13(12-15)4-2-3-8-16-10-6-14-7-11-16/h13-14H,2-12H2,1H3. The Bertz CT molecular complexity index is 183. The average molecular weight is 225 g/mol. The zero-order chi connectivity index (χ0) is 11.2. The van der Waals surface area contributed by atoms with Crippen LogP contribution >= 0.6 is 0 Å². The van der Waals surface area contributed by atoms with Gasteiger partial charge in [0, 0.05) is 32.7 Å². The van der Waals surface area contributed by atoms with Gasteiger partial charge in [0.05, 0.1) is 0 Å². The van der Waals surface area contributed by atoms with E-state index in [1.807, 2.05) is 0 Å². The van der Waals surface area contributed by atoms with Crippen LogP contribution in [0.4, 0.5) is 0 Å². The highest BCUT2D eigenvalue weighted by Gasteiger charge is 2.18. The van der Waals surface area contributed by atoms with Gasteiger partial charge >= 0.3 is 0 Å². The van der Waals surface area contributed by atoms with Crippen molar-refractivity contribution >= 4 is 0 Å². The Morgan fingerprint density at radius 1 is 1.12 bits per heavy atom. The molecule has 16 heavy (non-hydrogen) atoms. The van der Waals surface area contributed by atoms with Crippen molar-refractivity contribution in [2.45, 2.75) is 25.7 Å². The molecule has 2 heterocycles. The quantitative estimate of drug-likeness (QED) is 0.705. The summed E-state index contributed by atoms with van der Waals surface area (Å²) in [5, 5.41) is 3.41. The molecule has 2 fully saturated rings. The van der Waals surface area contributed by atoms with Crippen LogP contribution < -0.4 is 5.32 Å². The van der Waals surface area contributed by atoms with Crippen LogP contribution in [0.1, 0.15) is 25.7 Å². The van der Waals surface area contributed by atoms with Crippen LogP contribution in [0.2, 0.25) is 0 Å². The predicted octanol–water partition coefficient (Wildman–Crippen LogP) is 1.01. The Morgan fingerprint density at radius 3 is 2.62 bits per heavy atom. The van der Waals surface area contributed by atoms with Gasteiger partial charge in [-0.15, -0.1) is 0 Å². The first-order chi connectivity index (χ1) is 7.84. The third kappa shape index (κ3) is 4.04. The van der Waals surface area contributed by atoms with Crippen molar-refractivity contribution in [1.82, 2.24) is 15.1 Å². The summed E-state index contributed by atoms with van der Waals surface area (Å²) >= 11 is 0. The second-order valence-corrected chi connectivity index (χ2v) is 5.50. The van der Waals surface area contributed by atoms with E-state index < -0.39 is 0 Å². The lowest BCUT2D eigenvalue weighted by Crippen LogP contribution is -2.43. The van der Waals surface area contributed by atoms with E-state index in [0.717, 1.165) is 5.92 Å². The van der Waals surface area contributed by atoms with Crippen LogP contribution in [0, 0.1) is 5.92 Å². The Kier molecular flexibility index (Phi) is 5.07. The molecule has 0 amide bonds. The molecule has 2 saturated heterocycles. The molecule has 0 saturated carbocycles. The summed E-state index contributed by atoms with van der Waals surface area (Å²) in [6, 6.07) is 0. The van der Waals surface area contributed by atoms with Gasteiger partial charge in [-0.2, -0.15) is 0 Å². The highest BCUT2D eigenvalue weighted by atomic mass is 15.2. The van der Waals surface area contributed by atoms with Gasteiger partial charge in [0.2, 0.25) is 0 Å². The lowest BCUT2D eigenvalue weighted by Gasteiger charge is -2.27. The van der Waals surface area contributed by atoms with Gasteiger partial charge in [0.1, 0.15) is 0 Å². The molecule has 0 aromatic heterocycles. The van der Waals surface area contributed by atoms with Gasteiger partial charge in [0.15, 0.2) is 0 Å². The van der Waals surface area contributed by atoms with Gasteiger partial charge < -0.3 is 15.1 Å². The maximum atomic E-state index is 3.41. The maximum Gasteiger partial charge on any atom is 0.0107 e. The zero-order valence-electron chi connectivity index (χ0n) is 10.7. The molecule has 94 valence electrons. The molecule has 1 unspecified atom stereocenters. The summed E-state index contributed by atoms with van der Waals surface area (Å²) < 4.78 is 0. The molecule has 0 aliphatic carbocycles. The van der Waals surface area contributed by atoms with E-state index in [0.29, 0.717) is 0 Å². The molecule has 3 nitrogen and oxygen atoms in total. The molecule has 0 aromatic rings. The molecule has 0 bridgehead atoms. The number of hydrogen-bond donors (Lipinski definition) is 1. The fraction of sp³-hybridized carbons (Fsp3) is 1.00. The molecular formula is C13H27N3. The number of rotatable bonds is 5. The second-order valence-electron chi connectivity index (χ2n) is 5.50. The van der Waals surface area contributed by atoms with Crippen molar-refractivity contribution in [3.8, 4) is 0 Å². The molecule has 1 N–H and O–H groups in total. The lowest BCUT2D eigenvalue weighted by molar-refractivity contribution is 0.234. The SMILES string of the molecule is CN1CCC(CCCCN2CCNCC2)C1. The summed E-state index contributed by atoms with van der Waals surface area (Å²) in [5.74, 6) is 0.994. The Hall–Kier alpha value is -0.120. The number of likely N-dealkylation sites (tertiary alicyclic amines) is 1. The van der Waals surface area contributed by atoms with Gasteiger partial charge in [-0.1, -0.05) is 6.42 Å². The Morgan fingerprint density at radius 2 is 1.94 bits per heavy atom. The van der Waals surface area contributed by atoms with Crippen LogP contribution in [0.3, 0.4) is 0 Å². The Labute approximate surface area is 100 Å². The molecule has 1 atom stereocenters. The molecule has 2 rings (SSSR count). The van der Waals surface area contributed by atoms with E-state index in [1.165, 1.54) is 71.5 Å². The largest absolute Gasteiger partial charge is 0.314 e. The number of piperazine rings is 1. The number of unbranched alkanes of at least 4 members (excludes halogenated alkanes) is 1. The minimum atomic E-state index is 0.994. The van der Waals surface area contributed by atoms with E-state index in [4.69, 9.17) is 0 Å². The van der Waals surface area contributed by atoms with Crippen molar-refractivity contribution in [3.63, 3.8) is 0 Å². The normalized spacial score (nSPS) is 28.7. The topological polar surface area (TPSA) is 18.5 Å². The minimum Gasteiger partial charge on any atom is -0.314 e. The van der Waals surface area contributed by atoms with Crippen LogP contribution in [-0.2, 0) is 0 Å². The van der Waals surface area contributed by atoms with Gasteiger partial charge in [-0.05, 0) is 45.3 Å². The first-order valence-electron chi connectivity index (χ1n) is 6.96. The van der Waals surface area contributed by atoms with Crippen molar-refractivity contribution in [3.05, 3.63) is 0 Å². The van der Waals surface area contributed by atoms with Crippen molar-refractivity contribution in [2.24, 2.45) is 5.92 Å². The summed E-state index contributed by atoms with van der Waals surface area (Å²) in [4.78, 5) is 5.08. The van der Waals surface area contributed by atoms with E-state index in [1.54, 1.807) is 0 Å². The minimum absolute atomic E-state index is 0.994. The second kappa shape index (κ2) is 6.58. The van der Waals surface area contributed by atoms with Crippen molar-refractivity contribution < 1.29 is 0 Å². The smallest absolute Gasteiger partial charge is 0.0107 e. The number of hydrogen-bond acceptors (Lipinski definition) is 3. The Balaban J connectivity index is 1.48. The summed E-state index contributed by atoms with van der Waals surface area (Å²) in [6.07, 6.45) is 5.73. The van der Waals surface area contributed by atoms with Crippen LogP contribution in [-0.4, -0.2) is 62.7 Å². The van der Waals surface area contributed by atoms with E-state index in [-0.39, 0.29) is 0 Å². The first kappa shape index (κ1) is 12.3. The van der Waals surface area contributed by atoms with Gasteiger partial charge in [-0.25, -0.2) is 0 Å². The third-order valence-corrected chi connectivity index (χ3v) is 4.04. The fourth-order valence-electron chi connectivity index (χ4n) is 2.97. The number of nitrogens with zero attached hydrogens (tertiary/aromatic N) is 2.